The predicted molar refractivity (Wildman–Crippen MR) is 69.1 cm³/mol. The van der Waals surface area contributed by atoms with E-state index in [0.29, 0.717) is 0 Å². The van der Waals surface area contributed by atoms with Crippen molar-refractivity contribution in [2.75, 3.05) is 6.61 Å². The van der Waals surface area contributed by atoms with Crippen molar-refractivity contribution in [1.82, 2.24) is 5.32 Å². The third kappa shape index (κ3) is 6.43. The largest absolute Gasteiger partial charge is 0.480 e. The number of nitrogens with one attached hydrogen (secondary N) is 1. The second-order valence-corrected chi connectivity index (χ2v) is 4.55. The van der Waals surface area contributed by atoms with Crippen molar-refractivity contribution >= 4 is 17.7 Å². The molecule has 0 aliphatic rings. The molecule has 0 aliphatic heterocycles. The smallest absolute Gasteiger partial charge is 0.320 e. The fourth-order valence-corrected chi connectivity index (χ4v) is 1.49. The Hall–Kier alpha value is -1.63. The van der Waals surface area contributed by atoms with Gasteiger partial charge in [0.05, 0.1) is 6.61 Å². The summed E-state index contributed by atoms with van der Waals surface area (Å²) in [7, 11) is 0. The number of carbonyl (C=O) groups excluding carboxylic acids is 2. The van der Waals surface area contributed by atoms with E-state index < -0.39 is 54.8 Å². The zero-order valence-corrected chi connectivity index (χ0v) is 11.5. The topological polar surface area (TPSA) is 211 Å². The van der Waals surface area contributed by atoms with Crippen molar-refractivity contribution in [3.8, 4) is 0 Å². The summed E-state index contributed by atoms with van der Waals surface area (Å²) >= 11 is 0. The monoisotopic (exact) mass is 324 g/mol. The Kier molecular flexibility index (Phi) is 8.70. The van der Waals surface area contributed by atoms with Gasteiger partial charge < -0.3 is 36.4 Å². The molecule has 0 aliphatic carbocycles. The van der Waals surface area contributed by atoms with Crippen molar-refractivity contribution in [2.24, 2.45) is 5.73 Å². The fourth-order valence-electron chi connectivity index (χ4n) is 1.49. The van der Waals surface area contributed by atoms with Crippen molar-refractivity contribution in [1.29, 1.82) is 0 Å². The van der Waals surface area contributed by atoms with E-state index in [-0.39, 0.29) is 12.8 Å². The molecule has 128 valence electrons. The molecule has 9 N–H and O–H groups in total. The molecule has 0 aromatic carbocycles. The Morgan fingerprint density at radius 3 is 2.05 bits per heavy atom. The lowest BCUT2D eigenvalue weighted by Crippen LogP contribution is -2.54. The van der Waals surface area contributed by atoms with Crippen molar-refractivity contribution in [3.63, 3.8) is 0 Å². The number of hydrogen-bond acceptors (Lipinski definition) is 9. The van der Waals surface area contributed by atoms with Crippen LogP contribution < -0.4 is 11.1 Å². The molecule has 0 aromatic rings. The van der Waals surface area contributed by atoms with Gasteiger partial charge in [0.1, 0.15) is 24.4 Å². The Balaban J connectivity index is 4.71. The van der Waals surface area contributed by atoms with Gasteiger partial charge in [-0.3, -0.25) is 19.7 Å². The van der Waals surface area contributed by atoms with Gasteiger partial charge in [-0.2, -0.15) is 0 Å². The molecule has 0 bridgehead atoms. The van der Waals surface area contributed by atoms with Gasteiger partial charge in [0.25, 0.3) is 0 Å². The summed E-state index contributed by atoms with van der Waals surface area (Å²) in [5.41, 5.74) is 4.85. The number of Topliss-reactive ketones (excluding diaryl/α,β-unsaturated/α-hetero) is 1. The maximum Gasteiger partial charge on any atom is 0.320 e. The van der Waals surface area contributed by atoms with Gasteiger partial charge in [-0.05, 0) is 6.42 Å². The highest BCUT2D eigenvalue weighted by Gasteiger charge is 2.35. The number of aliphatic hydroxyl groups is 5. The molecule has 0 saturated carbocycles. The van der Waals surface area contributed by atoms with Gasteiger partial charge in [-0.1, -0.05) is 0 Å². The maximum atomic E-state index is 11.6. The number of aliphatic carboxylic acids is 1. The van der Waals surface area contributed by atoms with Gasteiger partial charge in [0.2, 0.25) is 11.7 Å². The Morgan fingerprint density at radius 2 is 1.64 bits per heavy atom. The number of aliphatic hydroxyl groups excluding tert-OH is 5. The Labute approximate surface area is 125 Å². The molecular formula is C11H20N2O9. The van der Waals surface area contributed by atoms with E-state index >= 15 is 0 Å². The van der Waals surface area contributed by atoms with E-state index in [4.69, 9.17) is 21.1 Å². The minimum absolute atomic E-state index is 0.313. The lowest BCUT2D eigenvalue weighted by atomic mass is 10.0. The van der Waals surface area contributed by atoms with Crippen LogP contribution in [0.2, 0.25) is 0 Å². The zero-order valence-electron chi connectivity index (χ0n) is 11.5. The number of carboxylic acid groups (broad SMARTS) is 1. The lowest BCUT2D eigenvalue weighted by molar-refractivity contribution is -0.152. The average molecular weight is 324 g/mol. The van der Waals surface area contributed by atoms with E-state index in [1.807, 2.05) is 5.32 Å². The quantitative estimate of drug-likeness (QED) is 0.170. The normalized spacial score (nSPS) is 18.0. The SMILES string of the molecule is NC(=O)CC[C@H](NC(O)C(=O)[C@@H](O)[C@H](O)[C@H](O)CO)C(=O)O. The van der Waals surface area contributed by atoms with Crippen molar-refractivity contribution in [3.05, 3.63) is 0 Å². The number of ketones is 1. The van der Waals surface area contributed by atoms with Crippen LogP contribution in [0.4, 0.5) is 0 Å². The summed E-state index contributed by atoms with van der Waals surface area (Å²) in [6.07, 6.45) is -8.95. The van der Waals surface area contributed by atoms with Crippen LogP contribution in [-0.4, -0.2) is 85.5 Å². The van der Waals surface area contributed by atoms with Crippen LogP contribution in [0.15, 0.2) is 0 Å². The second-order valence-electron chi connectivity index (χ2n) is 4.55. The molecule has 0 spiro atoms. The van der Waals surface area contributed by atoms with Crippen LogP contribution in [0.25, 0.3) is 0 Å². The minimum atomic E-state index is -2.25. The molecule has 22 heavy (non-hydrogen) atoms. The van der Waals surface area contributed by atoms with Crippen molar-refractivity contribution in [2.45, 2.75) is 43.4 Å². The highest BCUT2D eigenvalue weighted by Crippen LogP contribution is 2.05. The molecular weight excluding hydrogens is 304 g/mol. The summed E-state index contributed by atoms with van der Waals surface area (Å²) in [6.45, 7) is -0.939. The lowest BCUT2D eigenvalue weighted by Gasteiger charge is -2.24. The van der Waals surface area contributed by atoms with Gasteiger partial charge in [-0.15, -0.1) is 0 Å². The first-order chi connectivity index (χ1) is 10.1. The molecule has 0 fully saturated rings. The number of hydrogen-bond donors (Lipinski definition) is 8. The number of primary amides is 1. The summed E-state index contributed by atoms with van der Waals surface area (Å²) in [5, 5.41) is 56.8. The first kappa shape index (κ1) is 20.4. The molecule has 0 heterocycles. The Morgan fingerprint density at radius 1 is 1.09 bits per heavy atom. The number of carbonyl (C=O) groups is 3. The van der Waals surface area contributed by atoms with Gasteiger partial charge in [-0.25, -0.2) is 0 Å². The highest BCUT2D eigenvalue weighted by atomic mass is 16.4. The first-order valence-corrected chi connectivity index (χ1v) is 6.25. The third-order valence-electron chi connectivity index (χ3n) is 2.80. The summed E-state index contributed by atoms with van der Waals surface area (Å²) in [4.78, 5) is 33.1. The number of nitrogens with two attached hydrogens (primary N) is 1. The van der Waals surface area contributed by atoms with Crippen molar-refractivity contribution < 1.29 is 45.0 Å². The second kappa shape index (κ2) is 9.40. The van der Waals surface area contributed by atoms with Crippen LogP contribution in [0.3, 0.4) is 0 Å². The van der Waals surface area contributed by atoms with Crippen LogP contribution in [0, 0.1) is 0 Å². The van der Waals surface area contributed by atoms with E-state index in [1.165, 1.54) is 0 Å². The Bertz CT molecular complexity index is 403. The molecule has 0 aromatic heterocycles. The molecule has 0 rings (SSSR count). The zero-order chi connectivity index (χ0) is 17.4. The van der Waals surface area contributed by atoms with Crippen LogP contribution in [0.1, 0.15) is 12.8 Å². The van der Waals surface area contributed by atoms with Gasteiger partial charge >= 0.3 is 5.97 Å². The fraction of sp³-hybridized carbons (Fsp3) is 0.727. The van der Waals surface area contributed by atoms with Gasteiger partial charge in [0, 0.05) is 6.42 Å². The number of amides is 1. The summed E-state index contributed by atoms with van der Waals surface area (Å²) in [6, 6.07) is -1.50. The number of rotatable bonds is 11. The molecule has 0 radical (unpaired) electrons. The molecule has 1 unspecified atom stereocenters. The predicted octanol–water partition coefficient (Wildman–Crippen LogP) is -4.74. The molecule has 11 nitrogen and oxygen atoms in total. The van der Waals surface area contributed by atoms with Crippen LogP contribution >= 0.6 is 0 Å². The third-order valence-corrected chi connectivity index (χ3v) is 2.80. The minimum Gasteiger partial charge on any atom is -0.480 e. The molecule has 0 saturated heterocycles. The first-order valence-electron chi connectivity index (χ1n) is 6.25. The molecule has 11 heteroatoms. The molecule has 1 amide bonds. The number of carboxylic acids is 1. The van der Waals surface area contributed by atoms with E-state index in [1.54, 1.807) is 0 Å². The van der Waals surface area contributed by atoms with Crippen LogP contribution in [-0.2, 0) is 14.4 Å². The summed E-state index contributed by atoms with van der Waals surface area (Å²) < 4.78 is 0. The summed E-state index contributed by atoms with van der Waals surface area (Å²) in [5.74, 6) is -3.67. The van der Waals surface area contributed by atoms with E-state index in [9.17, 15) is 29.7 Å². The van der Waals surface area contributed by atoms with Gasteiger partial charge in [0.15, 0.2) is 6.23 Å². The average Bonchev–Trinajstić information content (AvgIpc) is 2.47. The maximum absolute atomic E-state index is 11.6. The highest BCUT2D eigenvalue weighted by molar-refractivity contribution is 5.88. The van der Waals surface area contributed by atoms with E-state index in [2.05, 4.69) is 0 Å². The standard InChI is InChI=1S/C11H20N2O9/c12-6(16)2-1-4(11(21)22)13-10(20)9(19)8(18)7(17)5(15)3-14/h4-5,7-8,10,13-15,17-18,20H,1-3H2,(H2,12,16)(H,21,22)/t4-,5+,7+,8-,10?/m0/s1. The van der Waals surface area contributed by atoms with E-state index in [0.717, 1.165) is 0 Å². The molecule has 5 atom stereocenters. The van der Waals surface area contributed by atoms with Crippen LogP contribution in [0.5, 0.6) is 0 Å².